The summed E-state index contributed by atoms with van der Waals surface area (Å²) in [5.41, 5.74) is -0.00926. The zero-order chi connectivity index (χ0) is 11.4. The molecular formula is C14H19NS. The maximum absolute atomic E-state index is 9.41. The third-order valence-electron chi connectivity index (χ3n) is 3.96. The lowest BCUT2D eigenvalue weighted by atomic mass is 9.82. The molecule has 0 aromatic carbocycles. The predicted molar refractivity (Wildman–Crippen MR) is 68.3 cm³/mol. The van der Waals surface area contributed by atoms with E-state index >= 15 is 0 Å². The molecule has 2 rings (SSSR count). The Morgan fingerprint density at radius 3 is 3.06 bits per heavy atom. The lowest BCUT2D eigenvalue weighted by Gasteiger charge is -2.20. The first-order valence-corrected chi connectivity index (χ1v) is 7.09. The van der Waals surface area contributed by atoms with Gasteiger partial charge in [-0.15, -0.1) is 11.3 Å². The van der Waals surface area contributed by atoms with Gasteiger partial charge in [-0.05, 0) is 49.5 Å². The van der Waals surface area contributed by atoms with Crippen LogP contribution < -0.4 is 0 Å². The largest absolute Gasteiger partial charge is 0.198 e. The summed E-state index contributed by atoms with van der Waals surface area (Å²) in [6.07, 6.45) is 6.89. The number of aryl methyl sites for hydroxylation is 1. The van der Waals surface area contributed by atoms with Crippen molar-refractivity contribution in [2.45, 2.75) is 45.4 Å². The molecule has 0 amide bonds. The summed E-state index contributed by atoms with van der Waals surface area (Å²) in [5.74, 6) is 0.794. The molecule has 2 atom stereocenters. The number of hydrogen-bond donors (Lipinski definition) is 0. The van der Waals surface area contributed by atoms with Crippen molar-refractivity contribution in [1.82, 2.24) is 0 Å². The van der Waals surface area contributed by atoms with Crippen LogP contribution in [0.3, 0.4) is 0 Å². The second-order valence-corrected chi connectivity index (χ2v) is 6.02. The van der Waals surface area contributed by atoms with Gasteiger partial charge in [0.1, 0.15) is 0 Å². The molecule has 0 bridgehead atoms. The minimum absolute atomic E-state index is 0.00926. The van der Waals surface area contributed by atoms with Crippen LogP contribution in [0.25, 0.3) is 0 Å². The van der Waals surface area contributed by atoms with Crippen LogP contribution in [-0.2, 0) is 6.42 Å². The third-order valence-corrected chi connectivity index (χ3v) is 4.89. The summed E-state index contributed by atoms with van der Waals surface area (Å²) >= 11 is 1.81. The van der Waals surface area contributed by atoms with Crippen molar-refractivity contribution in [2.24, 2.45) is 11.3 Å². The quantitative estimate of drug-likeness (QED) is 0.756. The molecule has 0 spiro atoms. The third kappa shape index (κ3) is 2.47. The van der Waals surface area contributed by atoms with Gasteiger partial charge in [-0.1, -0.05) is 19.4 Å². The van der Waals surface area contributed by atoms with E-state index in [4.69, 9.17) is 0 Å². The van der Waals surface area contributed by atoms with Crippen molar-refractivity contribution in [3.05, 3.63) is 22.4 Å². The van der Waals surface area contributed by atoms with Crippen LogP contribution in [0.15, 0.2) is 17.5 Å². The van der Waals surface area contributed by atoms with Crippen LogP contribution in [0, 0.1) is 22.7 Å². The molecule has 1 saturated carbocycles. The van der Waals surface area contributed by atoms with Gasteiger partial charge in [0.2, 0.25) is 0 Å². The number of nitrogens with zero attached hydrogens (tertiary/aromatic N) is 1. The number of rotatable bonds is 4. The second kappa shape index (κ2) is 5.01. The predicted octanol–water partition coefficient (Wildman–Crippen LogP) is 4.40. The zero-order valence-corrected chi connectivity index (χ0v) is 10.7. The van der Waals surface area contributed by atoms with Gasteiger partial charge in [0.05, 0.1) is 11.5 Å². The maximum atomic E-state index is 9.41. The van der Waals surface area contributed by atoms with Crippen molar-refractivity contribution in [2.75, 3.05) is 0 Å². The Labute approximate surface area is 102 Å². The van der Waals surface area contributed by atoms with Crippen LogP contribution in [0.5, 0.6) is 0 Å². The van der Waals surface area contributed by atoms with E-state index in [0.717, 1.165) is 31.6 Å². The Morgan fingerprint density at radius 2 is 2.50 bits per heavy atom. The summed E-state index contributed by atoms with van der Waals surface area (Å²) < 4.78 is 0. The highest BCUT2D eigenvalue weighted by molar-refractivity contribution is 7.09. The molecule has 0 saturated heterocycles. The van der Waals surface area contributed by atoms with Crippen LogP contribution in [0.2, 0.25) is 0 Å². The molecule has 0 aliphatic heterocycles. The summed E-state index contributed by atoms with van der Waals surface area (Å²) in [6, 6.07) is 6.89. The average molecular weight is 233 g/mol. The smallest absolute Gasteiger partial charge is 0.0689 e. The number of hydrogen-bond acceptors (Lipinski definition) is 2. The van der Waals surface area contributed by atoms with Crippen LogP contribution in [0.1, 0.15) is 43.9 Å². The van der Waals surface area contributed by atoms with Gasteiger partial charge in [0.15, 0.2) is 0 Å². The molecule has 86 valence electrons. The van der Waals surface area contributed by atoms with Gasteiger partial charge in [-0.25, -0.2) is 0 Å². The minimum Gasteiger partial charge on any atom is -0.198 e. The lowest BCUT2D eigenvalue weighted by molar-refractivity contribution is 0.356. The number of thiophene rings is 1. The average Bonchev–Trinajstić information content (AvgIpc) is 2.96. The van der Waals surface area contributed by atoms with Crippen molar-refractivity contribution < 1.29 is 0 Å². The van der Waals surface area contributed by atoms with E-state index in [1.54, 1.807) is 0 Å². The summed E-state index contributed by atoms with van der Waals surface area (Å²) in [7, 11) is 0. The molecule has 0 N–H and O–H groups in total. The minimum atomic E-state index is -0.00926. The van der Waals surface area contributed by atoms with Gasteiger partial charge < -0.3 is 0 Å². The fourth-order valence-electron chi connectivity index (χ4n) is 2.79. The highest BCUT2D eigenvalue weighted by atomic mass is 32.1. The van der Waals surface area contributed by atoms with Gasteiger partial charge in [0.25, 0.3) is 0 Å². The first kappa shape index (κ1) is 11.7. The summed E-state index contributed by atoms with van der Waals surface area (Å²) in [6.45, 7) is 2.25. The van der Waals surface area contributed by atoms with Crippen molar-refractivity contribution in [1.29, 1.82) is 5.26 Å². The van der Waals surface area contributed by atoms with Gasteiger partial charge >= 0.3 is 0 Å². The fraction of sp³-hybridized carbons (Fsp3) is 0.643. The maximum Gasteiger partial charge on any atom is 0.0689 e. The van der Waals surface area contributed by atoms with E-state index in [9.17, 15) is 5.26 Å². The molecule has 2 heteroatoms. The Morgan fingerprint density at radius 1 is 1.62 bits per heavy atom. The van der Waals surface area contributed by atoms with E-state index < -0.39 is 0 Å². The van der Waals surface area contributed by atoms with E-state index in [1.165, 1.54) is 17.7 Å². The Hall–Kier alpha value is -0.810. The molecule has 16 heavy (non-hydrogen) atoms. The van der Waals surface area contributed by atoms with Crippen molar-refractivity contribution in [3.8, 4) is 6.07 Å². The molecule has 1 aromatic rings. The molecular weight excluding hydrogens is 214 g/mol. The summed E-state index contributed by atoms with van der Waals surface area (Å²) in [4.78, 5) is 1.43. The lowest BCUT2D eigenvalue weighted by Crippen LogP contribution is -2.15. The summed E-state index contributed by atoms with van der Waals surface area (Å²) in [5, 5.41) is 11.5. The molecule has 1 nitrogen and oxygen atoms in total. The zero-order valence-electron chi connectivity index (χ0n) is 9.91. The molecule has 1 aliphatic carbocycles. The first-order valence-electron chi connectivity index (χ1n) is 6.21. The van der Waals surface area contributed by atoms with E-state index in [2.05, 4.69) is 30.5 Å². The fourth-order valence-corrected chi connectivity index (χ4v) is 3.50. The Bertz CT molecular complexity index is 363. The topological polar surface area (TPSA) is 23.8 Å². The van der Waals surface area contributed by atoms with Crippen LogP contribution in [0.4, 0.5) is 0 Å². The van der Waals surface area contributed by atoms with Crippen molar-refractivity contribution in [3.63, 3.8) is 0 Å². The van der Waals surface area contributed by atoms with E-state index in [1.807, 2.05) is 11.3 Å². The standard InChI is InChI=1S/C14H19NS/c1-2-12-5-7-14(10-12,11-15)8-6-13-4-3-9-16-13/h3-4,9,12H,2,5-8,10H2,1H3. The Kier molecular flexibility index (Phi) is 3.66. The van der Waals surface area contributed by atoms with Crippen molar-refractivity contribution >= 4 is 11.3 Å². The molecule has 1 heterocycles. The number of nitriles is 1. The van der Waals surface area contributed by atoms with Gasteiger partial charge in [-0.3, -0.25) is 0 Å². The highest BCUT2D eigenvalue weighted by Crippen LogP contribution is 2.45. The SMILES string of the molecule is CCC1CCC(C#N)(CCc2cccs2)C1. The van der Waals surface area contributed by atoms with Crippen LogP contribution in [-0.4, -0.2) is 0 Å². The second-order valence-electron chi connectivity index (χ2n) is 4.99. The highest BCUT2D eigenvalue weighted by Gasteiger charge is 2.38. The van der Waals surface area contributed by atoms with Gasteiger partial charge in [-0.2, -0.15) is 5.26 Å². The van der Waals surface area contributed by atoms with Gasteiger partial charge in [0, 0.05) is 4.88 Å². The molecule has 1 aromatic heterocycles. The molecule has 2 unspecified atom stereocenters. The van der Waals surface area contributed by atoms with E-state index in [-0.39, 0.29) is 5.41 Å². The van der Waals surface area contributed by atoms with Crippen LogP contribution >= 0.6 is 11.3 Å². The first-order chi connectivity index (χ1) is 7.78. The van der Waals surface area contributed by atoms with E-state index in [0.29, 0.717) is 0 Å². The molecule has 1 fully saturated rings. The normalized spacial score (nSPS) is 29.1. The monoisotopic (exact) mass is 233 g/mol. The Balaban J connectivity index is 1.94. The molecule has 1 aliphatic rings. The molecule has 0 radical (unpaired) electrons.